The predicted octanol–water partition coefficient (Wildman–Crippen LogP) is 4.24. The first-order valence-electron chi connectivity index (χ1n) is 6.64. The van der Waals surface area contributed by atoms with Crippen molar-refractivity contribution in [2.24, 2.45) is 5.16 Å². The maximum Gasteiger partial charge on any atom is 0.416 e. The fourth-order valence-electron chi connectivity index (χ4n) is 2.05. The van der Waals surface area contributed by atoms with Crippen molar-refractivity contribution in [3.05, 3.63) is 53.7 Å². The van der Waals surface area contributed by atoms with Gasteiger partial charge in [0.1, 0.15) is 5.75 Å². The lowest BCUT2D eigenvalue weighted by Gasteiger charge is -2.10. The van der Waals surface area contributed by atoms with Gasteiger partial charge in [-0.25, -0.2) is 4.98 Å². The van der Waals surface area contributed by atoms with Crippen molar-refractivity contribution in [2.75, 3.05) is 0 Å². The number of aromatic nitrogens is 1. The van der Waals surface area contributed by atoms with E-state index in [2.05, 4.69) is 22.8 Å². The minimum Gasteiger partial charge on any atom is -0.438 e. The SMILES string of the molecule is FC(F)(F)c1ccc([C@H]2CC(Oc3ccc(S)nc3)=NO2)cc1. The highest BCUT2D eigenvalue weighted by Gasteiger charge is 2.31. The number of halogens is 3. The lowest BCUT2D eigenvalue weighted by molar-refractivity contribution is -0.137. The number of pyridine rings is 1. The molecule has 0 bridgehead atoms. The van der Waals surface area contributed by atoms with Gasteiger partial charge >= 0.3 is 6.18 Å². The first kappa shape index (κ1) is 15.7. The molecule has 1 atom stereocenters. The van der Waals surface area contributed by atoms with E-state index >= 15 is 0 Å². The van der Waals surface area contributed by atoms with E-state index in [0.717, 1.165) is 12.1 Å². The molecule has 0 amide bonds. The minimum atomic E-state index is -4.36. The summed E-state index contributed by atoms with van der Waals surface area (Å²) in [6, 6.07) is 8.15. The molecule has 3 rings (SSSR count). The van der Waals surface area contributed by atoms with E-state index in [4.69, 9.17) is 9.57 Å². The summed E-state index contributed by atoms with van der Waals surface area (Å²) in [6.45, 7) is 0. The van der Waals surface area contributed by atoms with Crippen LogP contribution in [-0.4, -0.2) is 10.9 Å². The van der Waals surface area contributed by atoms with E-state index in [9.17, 15) is 13.2 Å². The molecule has 1 aromatic heterocycles. The molecule has 120 valence electrons. The summed E-state index contributed by atoms with van der Waals surface area (Å²) in [5, 5.41) is 4.37. The lowest BCUT2D eigenvalue weighted by Crippen LogP contribution is -2.08. The second-order valence-electron chi connectivity index (χ2n) is 4.86. The molecular weight excluding hydrogens is 329 g/mol. The van der Waals surface area contributed by atoms with Crippen molar-refractivity contribution in [2.45, 2.75) is 23.7 Å². The quantitative estimate of drug-likeness (QED) is 0.832. The van der Waals surface area contributed by atoms with Crippen LogP contribution in [0.4, 0.5) is 13.2 Å². The van der Waals surface area contributed by atoms with Crippen LogP contribution in [0.3, 0.4) is 0 Å². The Morgan fingerprint density at radius 1 is 1.13 bits per heavy atom. The second kappa shape index (κ2) is 6.11. The number of hydrogen-bond donors (Lipinski definition) is 1. The molecule has 0 N–H and O–H groups in total. The van der Waals surface area contributed by atoms with E-state index in [0.29, 0.717) is 28.7 Å². The Balaban J connectivity index is 1.63. The fraction of sp³-hybridized carbons (Fsp3) is 0.200. The first-order chi connectivity index (χ1) is 10.9. The molecule has 1 aliphatic heterocycles. The van der Waals surface area contributed by atoms with E-state index in [-0.39, 0.29) is 0 Å². The molecule has 23 heavy (non-hydrogen) atoms. The van der Waals surface area contributed by atoms with Crippen molar-refractivity contribution in [1.29, 1.82) is 0 Å². The molecular formula is C15H11F3N2O2S. The van der Waals surface area contributed by atoms with Gasteiger partial charge in [-0.15, -0.1) is 12.6 Å². The molecule has 0 unspecified atom stereocenters. The van der Waals surface area contributed by atoms with Crippen molar-refractivity contribution in [3.63, 3.8) is 0 Å². The van der Waals surface area contributed by atoms with Crippen LogP contribution >= 0.6 is 12.6 Å². The van der Waals surface area contributed by atoms with Crippen LogP contribution in [0.5, 0.6) is 5.75 Å². The largest absolute Gasteiger partial charge is 0.438 e. The number of oxime groups is 1. The van der Waals surface area contributed by atoms with Crippen LogP contribution in [0, 0.1) is 0 Å². The monoisotopic (exact) mass is 340 g/mol. The molecule has 0 radical (unpaired) electrons. The topological polar surface area (TPSA) is 43.7 Å². The van der Waals surface area contributed by atoms with Crippen molar-refractivity contribution < 1.29 is 22.7 Å². The van der Waals surface area contributed by atoms with Gasteiger partial charge in [-0.1, -0.05) is 17.3 Å². The molecule has 0 saturated carbocycles. The Morgan fingerprint density at radius 3 is 2.48 bits per heavy atom. The summed E-state index contributed by atoms with van der Waals surface area (Å²) >= 11 is 4.07. The second-order valence-corrected chi connectivity index (χ2v) is 5.32. The number of ether oxygens (including phenoxy) is 1. The van der Waals surface area contributed by atoms with E-state index < -0.39 is 17.8 Å². The molecule has 2 aromatic rings. The summed E-state index contributed by atoms with van der Waals surface area (Å²) in [5.41, 5.74) is -0.0984. The molecule has 0 spiro atoms. The maximum absolute atomic E-state index is 12.5. The molecule has 2 heterocycles. The summed E-state index contributed by atoms with van der Waals surface area (Å²) < 4.78 is 43.1. The van der Waals surface area contributed by atoms with E-state index in [1.54, 1.807) is 12.1 Å². The van der Waals surface area contributed by atoms with E-state index in [1.807, 2.05) is 0 Å². The van der Waals surface area contributed by atoms with Gasteiger partial charge in [0.05, 0.1) is 23.2 Å². The van der Waals surface area contributed by atoms with Crippen molar-refractivity contribution in [1.82, 2.24) is 4.98 Å². The summed E-state index contributed by atoms with van der Waals surface area (Å²) in [6.07, 6.45) is -3.00. The highest BCUT2D eigenvalue weighted by Crippen LogP contribution is 2.32. The minimum absolute atomic E-state index is 0.327. The highest BCUT2D eigenvalue weighted by molar-refractivity contribution is 7.80. The van der Waals surface area contributed by atoms with Crippen LogP contribution in [0.1, 0.15) is 23.7 Å². The van der Waals surface area contributed by atoms with Crippen LogP contribution in [-0.2, 0) is 11.0 Å². The number of alkyl halides is 3. The van der Waals surface area contributed by atoms with Crippen molar-refractivity contribution >= 4 is 18.5 Å². The number of nitrogens with zero attached hydrogens (tertiary/aromatic N) is 2. The number of thiol groups is 1. The summed E-state index contributed by atoms with van der Waals surface area (Å²) in [4.78, 5) is 9.19. The average molecular weight is 340 g/mol. The van der Waals surface area contributed by atoms with Gasteiger partial charge < -0.3 is 9.57 Å². The van der Waals surface area contributed by atoms with Crippen molar-refractivity contribution in [3.8, 4) is 5.75 Å². The molecule has 0 saturated heterocycles. The third-order valence-electron chi connectivity index (χ3n) is 3.21. The Hall–Kier alpha value is -2.22. The van der Waals surface area contributed by atoms with E-state index in [1.165, 1.54) is 18.3 Å². The third-order valence-corrected chi connectivity index (χ3v) is 3.47. The van der Waals surface area contributed by atoms with Gasteiger partial charge in [0.15, 0.2) is 6.10 Å². The Labute approximate surface area is 135 Å². The zero-order chi connectivity index (χ0) is 16.4. The number of benzene rings is 1. The van der Waals surface area contributed by atoms with Gasteiger partial charge in [0.25, 0.3) is 0 Å². The molecule has 0 fully saturated rings. The Morgan fingerprint density at radius 2 is 1.87 bits per heavy atom. The normalized spacial score (nSPS) is 17.6. The highest BCUT2D eigenvalue weighted by atomic mass is 32.1. The fourth-order valence-corrected chi connectivity index (χ4v) is 2.18. The summed E-state index contributed by atoms with van der Waals surface area (Å²) in [5.74, 6) is 0.821. The average Bonchev–Trinajstić information content (AvgIpc) is 2.97. The van der Waals surface area contributed by atoms with Crippen LogP contribution in [0.15, 0.2) is 52.8 Å². The number of hydrogen-bond acceptors (Lipinski definition) is 5. The Kier molecular flexibility index (Phi) is 4.16. The molecule has 1 aromatic carbocycles. The van der Waals surface area contributed by atoms with Crippen LogP contribution in [0.25, 0.3) is 0 Å². The standard InChI is InChI=1S/C15H11F3N2O2S/c16-15(17,18)10-3-1-9(2-4-10)12-7-13(20-22-12)21-11-5-6-14(23)19-8-11/h1-6,8,12H,7H2,(H,19,23)/t12-/m1/s1. The zero-order valence-electron chi connectivity index (χ0n) is 11.6. The lowest BCUT2D eigenvalue weighted by atomic mass is 10.0. The Bertz CT molecular complexity index is 715. The molecule has 1 aliphatic rings. The van der Waals surface area contributed by atoms with Crippen LogP contribution < -0.4 is 4.74 Å². The van der Waals surface area contributed by atoms with Gasteiger partial charge in [-0.05, 0) is 29.8 Å². The van der Waals surface area contributed by atoms with Gasteiger partial charge in [0, 0.05) is 0 Å². The zero-order valence-corrected chi connectivity index (χ0v) is 12.5. The van der Waals surface area contributed by atoms with Gasteiger partial charge in [0.2, 0.25) is 5.90 Å². The molecule has 4 nitrogen and oxygen atoms in total. The first-order valence-corrected chi connectivity index (χ1v) is 7.09. The molecule has 0 aliphatic carbocycles. The third kappa shape index (κ3) is 3.76. The van der Waals surface area contributed by atoms with Gasteiger partial charge in [-0.3, -0.25) is 0 Å². The van der Waals surface area contributed by atoms with Gasteiger partial charge in [-0.2, -0.15) is 13.2 Å². The smallest absolute Gasteiger partial charge is 0.416 e. The molecule has 8 heteroatoms. The number of rotatable bonds is 2. The predicted molar refractivity (Wildman–Crippen MR) is 79.4 cm³/mol. The maximum atomic E-state index is 12.5. The summed E-state index contributed by atoms with van der Waals surface area (Å²) in [7, 11) is 0. The van der Waals surface area contributed by atoms with Crippen LogP contribution in [0.2, 0.25) is 0 Å².